The molecule has 1 saturated heterocycles. The van der Waals surface area contributed by atoms with Gasteiger partial charge < -0.3 is 15.1 Å². The van der Waals surface area contributed by atoms with Gasteiger partial charge in [-0.05, 0) is 50.3 Å². The first-order chi connectivity index (χ1) is 12.9. The SMILES string of the molecule is CN(C)C(=O)N[C@H]1C[C@H](CCCN2CCN(c3cccc(Cl)c3Cl)CC2)C1. The topological polar surface area (TPSA) is 38.8 Å². The average Bonchev–Trinajstić information content (AvgIpc) is 2.62. The number of anilines is 1. The predicted molar refractivity (Wildman–Crippen MR) is 113 cm³/mol. The van der Waals surface area contributed by atoms with Crippen molar-refractivity contribution >= 4 is 34.9 Å². The summed E-state index contributed by atoms with van der Waals surface area (Å²) in [6.45, 7) is 5.26. The Morgan fingerprint density at radius 3 is 2.56 bits per heavy atom. The highest BCUT2D eigenvalue weighted by atomic mass is 35.5. The van der Waals surface area contributed by atoms with Gasteiger partial charge in [0.05, 0.1) is 15.7 Å². The van der Waals surface area contributed by atoms with Crippen LogP contribution < -0.4 is 10.2 Å². The quantitative estimate of drug-likeness (QED) is 0.768. The lowest BCUT2D eigenvalue weighted by Gasteiger charge is -2.38. The molecule has 0 spiro atoms. The van der Waals surface area contributed by atoms with Crippen molar-refractivity contribution in [3.63, 3.8) is 0 Å². The van der Waals surface area contributed by atoms with Gasteiger partial charge in [-0.3, -0.25) is 4.90 Å². The molecule has 1 aromatic rings. The van der Waals surface area contributed by atoms with Crippen molar-refractivity contribution in [2.24, 2.45) is 5.92 Å². The van der Waals surface area contributed by atoms with E-state index in [2.05, 4.69) is 15.1 Å². The molecule has 0 radical (unpaired) electrons. The Labute approximate surface area is 172 Å². The van der Waals surface area contributed by atoms with E-state index in [1.165, 1.54) is 12.8 Å². The zero-order valence-corrected chi connectivity index (χ0v) is 17.8. The fraction of sp³-hybridized carbons (Fsp3) is 0.650. The highest BCUT2D eigenvalue weighted by Crippen LogP contribution is 2.33. The van der Waals surface area contributed by atoms with Crippen LogP contribution in [0.25, 0.3) is 0 Å². The van der Waals surface area contributed by atoms with Crippen LogP contribution in [0.5, 0.6) is 0 Å². The molecule has 1 aliphatic heterocycles. The van der Waals surface area contributed by atoms with Gasteiger partial charge in [-0.25, -0.2) is 4.79 Å². The van der Waals surface area contributed by atoms with Gasteiger partial charge >= 0.3 is 6.03 Å². The van der Waals surface area contributed by atoms with Crippen molar-refractivity contribution in [2.45, 2.75) is 31.7 Å². The van der Waals surface area contributed by atoms with Crippen molar-refractivity contribution in [3.05, 3.63) is 28.2 Å². The predicted octanol–water partition coefficient (Wildman–Crippen LogP) is 3.95. The molecule has 27 heavy (non-hydrogen) atoms. The highest BCUT2D eigenvalue weighted by Gasteiger charge is 2.30. The van der Waals surface area contributed by atoms with E-state index in [1.54, 1.807) is 19.0 Å². The minimum absolute atomic E-state index is 0.0242. The van der Waals surface area contributed by atoms with E-state index in [4.69, 9.17) is 23.2 Å². The molecule has 2 aliphatic rings. The van der Waals surface area contributed by atoms with Gasteiger partial charge in [0.15, 0.2) is 0 Å². The second-order valence-electron chi connectivity index (χ2n) is 7.92. The summed E-state index contributed by atoms with van der Waals surface area (Å²) in [5.74, 6) is 0.768. The van der Waals surface area contributed by atoms with Crippen LogP contribution >= 0.6 is 23.2 Å². The van der Waals surface area contributed by atoms with Gasteiger partial charge in [0.25, 0.3) is 0 Å². The number of benzene rings is 1. The molecule has 1 N–H and O–H groups in total. The number of hydrogen-bond donors (Lipinski definition) is 1. The van der Waals surface area contributed by atoms with Crippen molar-refractivity contribution < 1.29 is 4.79 Å². The van der Waals surface area contributed by atoms with Crippen molar-refractivity contribution in [2.75, 3.05) is 51.7 Å². The number of piperazine rings is 1. The Morgan fingerprint density at radius 2 is 1.89 bits per heavy atom. The average molecular weight is 413 g/mol. The summed E-state index contributed by atoms with van der Waals surface area (Å²) in [6.07, 6.45) is 4.74. The summed E-state index contributed by atoms with van der Waals surface area (Å²) in [5, 5.41) is 4.35. The number of hydrogen-bond acceptors (Lipinski definition) is 3. The molecule has 0 bridgehead atoms. The first kappa shape index (κ1) is 20.6. The number of halogens is 2. The fourth-order valence-electron chi connectivity index (χ4n) is 3.95. The summed E-state index contributed by atoms with van der Waals surface area (Å²) in [4.78, 5) is 18.1. The Morgan fingerprint density at radius 1 is 1.19 bits per heavy atom. The van der Waals surface area contributed by atoms with Gasteiger partial charge in [0, 0.05) is 46.3 Å². The highest BCUT2D eigenvalue weighted by molar-refractivity contribution is 6.43. The van der Waals surface area contributed by atoms with E-state index in [0.29, 0.717) is 16.1 Å². The van der Waals surface area contributed by atoms with Crippen LogP contribution in [0.2, 0.25) is 10.0 Å². The van der Waals surface area contributed by atoms with Crippen LogP contribution in [-0.4, -0.2) is 68.7 Å². The van der Waals surface area contributed by atoms with E-state index in [1.807, 2.05) is 18.2 Å². The van der Waals surface area contributed by atoms with Gasteiger partial charge in [-0.1, -0.05) is 29.3 Å². The number of carbonyl (C=O) groups is 1. The van der Waals surface area contributed by atoms with Crippen LogP contribution in [-0.2, 0) is 0 Å². The zero-order valence-electron chi connectivity index (χ0n) is 16.3. The van der Waals surface area contributed by atoms with Gasteiger partial charge in [0.1, 0.15) is 0 Å². The summed E-state index contributed by atoms with van der Waals surface area (Å²) in [7, 11) is 3.57. The standard InChI is InChI=1S/C20H30Cl2N4O/c1-24(2)20(27)23-16-13-15(14-16)5-4-8-25-9-11-26(12-10-25)18-7-3-6-17(21)19(18)22/h3,6-7,15-16H,4-5,8-14H2,1-2H3,(H,23,27)/t15-,16-. The lowest BCUT2D eigenvalue weighted by atomic mass is 9.77. The van der Waals surface area contributed by atoms with Crippen molar-refractivity contribution in [1.82, 2.24) is 15.1 Å². The molecule has 0 unspecified atom stereocenters. The van der Waals surface area contributed by atoms with Crippen molar-refractivity contribution in [1.29, 1.82) is 0 Å². The largest absolute Gasteiger partial charge is 0.368 e. The zero-order chi connectivity index (χ0) is 19.4. The molecule has 0 atom stereocenters. The molecule has 2 fully saturated rings. The number of urea groups is 1. The summed E-state index contributed by atoms with van der Waals surface area (Å²) >= 11 is 12.5. The first-order valence-corrected chi connectivity index (χ1v) is 10.6. The Bertz CT molecular complexity index is 641. The van der Waals surface area contributed by atoms with E-state index in [-0.39, 0.29) is 6.03 Å². The lowest BCUT2D eigenvalue weighted by Crippen LogP contribution is -2.48. The summed E-state index contributed by atoms with van der Waals surface area (Å²) < 4.78 is 0. The number of amides is 2. The Kier molecular flexibility index (Phi) is 7.12. The van der Waals surface area contributed by atoms with E-state index < -0.39 is 0 Å². The third-order valence-corrected chi connectivity index (χ3v) is 6.51. The second kappa shape index (κ2) is 9.35. The maximum atomic E-state index is 11.6. The maximum Gasteiger partial charge on any atom is 0.317 e. The Balaban J connectivity index is 1.31. The van der Waals surface area contributed by atoms with Gasteiger partial charge in [0.2, 0.25) is 0 Å². The molecule has 0 aromatic heterocycles. The summed E-state index contributed by atoms with van der Waals surface area (Å²) in [5.41, 5.74) is 1.05. The third-order valence-electron chi connectivity index (χ3n) is 5.70. The number of rotatable bonds is 6. The number of carbonyl (C=O) groups excluding carboxylic acids is 1. The number of nitrogens with one attached hydrogen (secondary N) is 1. The molecule has 1 aromatic carbocycles. The molecule has 1 aliphatic carbocycles. The van der Waals surface area contributed by atoms with Gasteiger partial charge in [-0.2, -0.15) is 0 Å². The minimum atomic E-state index is 0.0242. The van der Waals surface area contributed by atoms with Crippen LogP contribution in [0, 0.1) is 5.92 Å². The molecular weight excluding hydrogens is 383 g/mol. The van der Waals surface area contributed by atoms with Crippen LogP contribution in [0.3, 0.4) is 0 Å². The van der Waals surface area contributed by atoms with E-state index >= 15 is 0 Å². The molecule has 2 amide bonds. The normalized spacial score (nSPS) is 23.0. The minimum Gasteiger partial charge on any atom is -0.368 e. The maximum absolute atomic E-state index is 11.6. The third kappa shape index (κ3) is 5.43. The van der Waals surface area contributed by atoms with E-state index in [0.717, 1.165) is 57.2 Å². The Hall–Kier alpha value is -1.17. The van der Waals surface area contributed by atoms with Crippen molar-refractivity contribution in [3.8, 4) is 0 Å². The molecule has 150 valence electrons. The van der Waals surface area contributed by atoms with Crippen LogP contribution in [0.4, 0.5) is 10.5 Å². The first-order valence-electron chi connectivity index (χ1n) is 9.83. The molecule has 1 heterocycles. The molecule has 3 rings (SSSR count). The monoisotopic (exact) mass is 412 g/mol. The fourth-order valence-corrected chi connectivity index (χ4v) is 4.36. The molecular formula is C20H30Cl2N4O. The number of nitrogens with zero attached hydrogens (tertiary/aromatic N) is 3. The summed E-state index contributed by atoms with van der Waals surface area (Å²) in [6, 6.07) is 6.24. The lowest BCUT2D eigenvalue weighted by molar-refractivity contribution is 0.172. The smallest absolute Gasteiger partial charge is 0.317 e. The molecule has 1 saturated carbocycles. The van der Waals surface area contributed by atoms with E-state index in [9.17, 15) is 4.79 Å². The molecule has 7 heteroatoms. The van der Waals surface area contributed by atoms with Crippen LogP contribution in [0.1, 0.15) is 25.7 Å². The molecule has 5 nitrogen and oxygen atoms in total. The second-order valence-corrected chi connectivity index (χ2v) is 8.71. The van der Waals surface area contributed by atoms with Crippen LogP contribution in [0.15, 0.2) is 18.2 Å². The van der Waals surface area contributed by atoms with Gasteiger partial charge in [-0.15, -0.1) is 0 Å².